The van der Waals surface area contributed by atoms with Gasteiger partial charge in [-0.2, -0.15) is 0 Å². The summed E-state index contributed by atoms with van der Waals surface area (Å²) in [5.74, 6) is 1.14. The van der Waals surface area contributed by atoms with Crippen molar-refractivity contribution in [2.75, 3.05) is 5.73 Å². The average Bonchev–Trinajstić information content (AvgIpc) is 2.65. The Morgan fingerprint density at radius 1 is 1.10 bits per heavy atom. The Hall–Kier alpha value is -2.01. The number of aryl methyl sites for hydroxylation is 4. The third-order valence-electron chi connectivity index (χ3n) is 3.48. The number of nitrogens with two attached hydrogens (primary N) is 1. The third-order valence-corrected chi connectivity index (χ3v) is 4.58. The van der Waals surface area contributed by atoms with E-state index in [9.17, 15) is 0 Å². The standard InChI is InChI=1S/C15H16N4S/c1-7-5-8(2)12(17-6-7)14-18-13(16)11-9(3)10(4)20-15(11)19-14/h5-6H,1-4H3,(H2,16,18,19). The first-order valence-corrected chi connectivity index (χ1v) is 7.26. The van der Waals surface area contributed by atoms with Crippen LogP contribution in [0.5, 0.6) is 0 Å². The average molecular weight is 284 g/mol. The number of fused-ring (bicyclic) bond motifs is 1. The molecule has 4 nitrogen and oxygen atoms in total. The van der Waals surface area contributed by atoms with Crippen LogP contribution in [0, 0.1) is 27.7 Å². The largest absolute Gasteiger partial charge is 0.383 e. The van der Waals surface area contributed by atoms with Gasteiger partial charge in [-0.15, -0.1) is 11.3 Å². The lowest BCUT2D eigenvalue weighted by atomic mass is 10.1. The summed E-state index contributed by atoms with van der Waals surface area (Å²) in [6, 6.07) is 2.08. The Kier molecular flexibility index (Phi) is 2.94. The highest BCUT2D eigenvalue weighted by Crippen LogP contribution is 2.33. The van der Waals surface area contributed by atoms with E-state index in [1.165, 1.54) is 10.4 Å². The smallest absolute Gasteiger partial charge is 0.181 e. The number of aromatic nitrogens is 3. The summed E-state index contributed by atoms with van der Waals surface area (Å²) in [6.07, 6.45) is 1.83. The quantitative estimate of drug-likeness (QED) is 0.742. The lowest BCUT2D eigenvalue weighted by Gasteiger charge is -2.06. The number of pyridine rings is 1. The van der Waals surface area contributed by atoms with Crippen LogP contribution >= 0.6 is 11.3 Å². The molecule has 0 radical (unpaired) electrons. The molecular formula is C15H16N4S. The fourth-order valence-corrected chi connectivity index (χ4v) is 3.37. The third kappa shape index (κ3) is 1.94. The summed E-state index contributed by atoms with van der Waals surface area (Å²) in [6.45, 7) is 8.18. The molecule has 20 heavy (non-hydrogen) atoms. The lowest BCUT2D eigenvalue weighted by Crippen LogP contribution is -2.00. The summed E-state index contributed by atoms with van der Waals surface area (Å²) in [7, 11) is 0. The first kappa shape index (κ1) is 13.0. The Morgan fingerprint density at radius 3 is 2.55 bits per heavy atom. The molecule has 0 atom stereocenters. The highest BCUT2D eigenvalue weighted by molar-refractivity contribution is 7.18. The van der Waals surface area contributed by atoms with Crippen LogP contribution < -0.4 is 5.73 Å². The molecule has 0 unspecified atom stereocenters. The maximum atomic E-state index is 6.12. The van der Waals surface area contributed by atoms with Crippen LogP contribution in [0.25, 0.3) is 21.7 Å². The summed E-state index contributed by atoms with van der Waals surface area (Å²) in [4.78, 5) is 15.7. The molecule has 0 aliphatic rings. The fourth-order valence-electron chi connectivity index (χ4n) is 2.34. The normalized spacial score (nSPS) is 11.2. The molecule has 0 fully saturated rings. The molecule has 0 spiro atoms. The summed E-state index contributed by atoms with van der Waals surface area (Å²) in [5, 5.41) is 0.973. The maximum Gasteiger partial charge on any atom is 0.181 e. The molecule has 0 aliphatic heterocycles. The van der Waals surface area contributed by atoms with Crippen molar-refractivity contribution in [1.29, 1.82) is 0 Å². The van der Waals surface area contributed by atoms with Gasteiger partial charge in [-0.1, -0.05) is 6.07 Å². The topological polar surface area (TPSA) is 64.7 Å². The first-order chi connectivity index (χ1) is 9.47. The molecule has 5 heteroatoms. The van der Waals surface area contributed by atoms with Gasteiger partial charge in [0.1, 0.15) is 16.3 Å². The van der Waals surface area contributed by atoms with Gasteiger partial charge < -0.3 is 5.73 Å². The van der Waals surface area contributed by atoms with E-state index in [4.69, 9.17) is 5.73 Å². The van der Waals surface area contributed by atoms with Crippen LogP contribution in [0.3, 0.4) is 0 Å². The second-order valence-electron chi connectivity index (χ2n) is 5.07. The molecule has 102 valence electrons. The lowest BCUT2D eigenvalue weighted by molar-refractivity contribution is 1.15. The van der Waals surface area contributed by atoms with Gasteiger partial charge in [0.15, 0.2) is 5.82 Å². The van der Waals surface area contributed by atoms with Crippen LogP contribution in [-0.2, 0) is 0 Å². The van der Waals surface area contributed by atoms with Gasteiger partial charge in [-0.25, -0.2) is 9.97 Å². The molecule has 3 rings (SSSR count). The molecule has 0 aromatic carbocycles. The summed E-state index contributed by atoms with van der Waals surface area (Å²) < 4.78 is 0. The van der Waals surface area contributed by atoms with Crippen molar-refractivity contribution < 1.29 is 0 Å². The zero-order valence-electron chi connectivity index (χ0n) is 12.0. The number of rotatable bonds is 1. The van der Waals surface area contributed by atoms with Crippen LogP contribution in [0.2, 0.25) is 0 Å². The zero-order valence-corrected chi connectivity index (χ0v) is 12.8. The first-order valence-electron chi connectivity index (χ1n) is 6.44. The van der Waals surface area contributed by atoms with Crippen LogP contribution in [0.15, 0.2) is 12.3 Å². The molecule has 0 amide bonds. The molecule has 2 N–H and O–H groups in total. The molecular weight excluding hydrogens is 268 g/mol. The molecule has 0 bridgehead atoms. The number of nitrogens with zero attached hydrogens (tertiary/aromatic N) is 3. The zero-order chi connectivity index (χ0) is 14.4. The van der Waals surface area contributed by atoms with Gasteiger partial charge in [-0.05, 0) is 44.4 Å². The van der Waals surface area contributed by atoms with Gasteiger partial charge in [0.05, 0.1) is 5.39 Å². The molecule has 0 aliphatic carbocycles. The Morgan fingerprint density at radius 2 is 1.85 bits per heavy atom. The number of thiophene rings is 1. The minimum absolute atomic E-state index is 0.536. The van der Waals surface area contributed by atoms with E-state index >= 15 is 0 Å². The van der Waals surface area contributed by atoms with Crippen molar-refractivity contribution in [3.05, 3.63) is 33.8 Å². The number of hydrogen-bond acceptors (Lipinski definition) is 5. The van der Waals surface area contributed by atoms with E-state index in [2.05, 4.69) is 34.9 Å². The SMILES string of the molecule is Cc1cnc(-c2nc(N)c3c(C)c(C)sc3n2)c(C)c1. The molecule has 3 aromatic rings. The second-order valence-corrected chi connectivity index (χ2v) is 6.28. The highest BCUT2D eigenvalue weighted by Gasteiger charge is 2.15. The highest BCUT2D eigenvalue weighted by atomic mass is 32.1. The number of anilines is 1. The minimum Gasteiger partial charge on any atom is -0.383 e. The van der Waals surface area contributed by atoms with Crippen molar-refractivity contribution in [2.45, 2.75) is 27.7 Å². The van der Waals surface area contributed by atoms with E-state index in [1.807, 2.05) is 20.0 Å². The summed E-state index contributed by atoms with van der Waals surface area (Å²) >= 11 is 1.65. The Balaban J connectivity index is 2.27. The van der Waals surface area contributed by atoms with E-state index in [0.717, 1.165) is 27.0 Å². The Labute approximate surface area is 121 Å². The molecule has 0 saturated carbocycles. The van der Waals surface area contributed by atoms with Crippen molar-refractivity contribution in [3.8, 4) is 11.5 Å². The Bertz CT molecular complexity index is 820. The monoisotopic (exact) mass is 284 g/mol. The predicted molar refractivity (Wildman–Crippen MR) is 84.0 cm³/mol. The van der Waals surface area contributed by atoms with E-state index in [0.29, 0.717) is 11.6 Å². The molecule has 0 saturated heterocycles. The van der Waals surface area contributed by atoms with Crippen LogP contribution in [0.4, 0.5) is 5.82 Å². The molecule has 3 aromatic heterocycles. The summed E-state index contributed by atoms with van der Waals surface area (Å²) in [5.41, 5.74) is 10.3. The van der Waals surface area contributed by atoms with Gasteiger partial charge in [0.25, 0.3) is 0 Å². The van der Waals surface area contributed by atoms with Crippen molar-refractivity contribution in [1.82, 2.24) is 15.0 Å². The van der Waals surface area contributed by atoms with Crippen LogP contribution in [0.1, 0.15) is 21.6 Å². The number of hydrogen-bond donors (Lipinski definition) is 1. The van der Waals surface area contributed by atoms with E-state index in [-0.39, 0.29) is 0 Å². The fraction of sp³-hybridized carbons (Fsp3) is 0.267. The van der Waals surface area contributed by atoms with E-state index < -0.39 is 0 Å². The van der Waals surface area contributed by atoms with Crippen molar-refractivity contribution in [2.24, 2.45) is 0 Å². The minimum atomic E-state index is 0.536. The van der Waals surface area contributed by atoms with Crippen molar-refractivity contribution in [3.63, 3.8) is 0 Å². The van der Waals surface area contributed by atoms with E-state index in [1.54, 1.807) is 11.3 Å². The van der Waals surface area contributed by atoms with Gasteiger partial charge in [0.2, 0.25) is 0 Å². The predicted octanol–water partition coefficient (Wildman–Crippen LogP) is 3.57. The molecule has 3 heterocycles. The van der Waals surface area contributed by atoms with Crippen molar-refractivity contribution >= 4 is 27.4 Å². The second kappa shape index (κ2) is 4.52. The van der Waals surface area contributed by atoms with Gasteiger partial charge >= 0.3 is 0 Å². The van der Waals surface area contributed by atoms with Gasteiger partial charge in [0, 0.05) is 11.1 Å². The maximum absolute atomic E-state index is 6.12. The van der Waals surface area contributed by atoms with Gasteiger partial charge in [-0.3, -0.25) is 4.98 Å². The van der Waals surface area contributed by atoms with Crippen LogP contribution in [-0.4, -0.2) is 15.0 Å². The number of nitrogen functional groups attached to an aromatic ring is 1.